The zero-order valence-electron chi connectivity index (χ0n) is 10.2. The van der Waals surface area contributed by atoms with Crippen LogP contribution in [-0.2, 0) is 6.42 Å². The van der Waals surface area contributed by atoms with Gasteiger partial charge < -0.3 is 5.41 Å². The van der Waals surface area contributed by atoms with Gasteiger partial charge >= 0.3 is 0 Å². The number of rotatable bonds is 3. The third kappa shape index (κ3) is 2.59. The van der Waals surface area contributed by atoms with Gasteiger partial charge in [-0.2, -0.15) is 0 Å². The fraction of sp³-hybridized carbons (Fsp3) is 0.200. The molecule has 1 aromatic carbocycles. The molecule has 2 nitrogen and oxygen atoms in total. The number of pyridine rings is 1. The Hall–Kier alpha value is -1.96. The van der Waals surface area contributed by atoms with E-state index in [0.717, 1.165) is 23.2 Å². The Balaban J connectivity index is 2.40. The van der Waals surface area contributed by atoms with Gasteiger partial charge in [0.05, 0.1) is 0 Å². The molecule has 0 amide bonds. The summed E-state index contributed by atoms with van der Waals surface area (Å²) in [5.74, 6) is 0. The Morgan fingerprint density at radius 3 is 2.65 bits per heavy atom. The summed E-state index contributed by atoms with van der Waals surface area (Å²) in [5.41, 5.74) is 5.05. The summed E-state index contributed by atoms with van der Waals surface area (Å²) in [7, 11) is 0. The van der Waals surface area contributed by atoms with Crippen LogP contribution in [0.3, 0.4) is 0 Å². The number of hydrogen-bond donors (Lipinski definition) is 1. The standard InChI is InChI=1S/C15H16N2/c1-11-6-5-7-13(15(11)12(2)16)10-14-8-3-4-9-17-14/h3-9,16H,10H2,1-2H3. The maximum Gasteiger partial charge on any atom is 0.0447 e. The lowest BCUT2D eigenvalue weighted by atomic mass is 9.95. The van der Waals surface area contributed by atoms with Gasteiger partial charge in [-0.05, 0) is 37.1 Å². The number of nitrogens with one attached hydrogen (secondary N) is 1. The fourth-order valence-corrected chi connectivity index (χ4v) is 2.11. The van der Waals surface area contributed by atoms with Gasteiger partial charge in [0.15, 0.2) is 0 Å². The zero-order valence-corrected chi connectivity index (χ0v) is 10.2. The SMILES string of the molecule is CC(=N)c1c(C)cccc1Cc1ccccn1. The van der Waals surface area contributed by atoms with Crippen molar-refractivity contribution < 1.29 is 0 Å². The molecule has 0 saturated carbocycles. The minimum Gasteiger partial charge on any atom is -0.305 e. The number of nitrogens with zero attached hydrogens (tertiary/aromatic N) is 1. The first-order valence-corrected chi connectivity index (χ1v) is 5.72. The van der Waals surface area contributed by atoms with Crippen LogP contribution < -0.4 is 0 Å². The molecule has 0 aliphatic heterocycles. The van der Waals surface area contributed by atoms with Crippen molar-refractivity contribution in [2.24, 2.45) is 0 Å². The molecule has 2 heteroatoms. The molecule has 2 aromatic rings. The van der Waals surface area contributed by atoms with E-state index in [0.29, 0.717) is 5.71 Å². The molecule has 0 bridgehead atoms. The maximum atomic E-state index is 7.86. The lowest BCUT2D eigenvalue weighted by Gasteiger charge is -2.11. The molecule has 86 valence electrons. The zero-order chi connectivity index (χ0) is 12.3. The van der Waals surface area contributed by atoms with Crippen molar-refractivity contribution in [3.05, 3.63) is 65.0 Å². The Kier molecular flexibility index (Phi) is 3.33. The predicted molar refractivity (Wildman–Crippen MR) is 70.7 cm³/mol. The largest absolute Gasteiger partial charge is 0.305 e. The third-order valence-electron chi connectivity index (χ3n) is 2.83. The van der Waals surface area contributed by atoms with Crippen LogP contribution in [0.25, 0.3) is 0 Å². The highest BCUT2D eigenvalue weighted by atomic mass is 14.7. The molecule has 2 rings (SSSR count). The number of hydrogen-bond acceptors (Lipinski definition) is 2. The highest BCUT2D eigenvalue weighted by molar-refractivity contribution is 5.99. The molecular formula is C15H16N2. The molecule has 0 radical (unpaired) electrons. The van der Waals surface area contributed by atoms with Gasteiger partial charge in [0.1, 0.15) is 0 Å². The van der Waals surface area contributed by atoms with E-state index in [9.17, 15) is 0 Å². The van der Waals surface area contributed by atoms with Gasteiger partial charge in [-0.15, -0.1) is 0 Å². The highest BCUT2D eigenvalue weighted by Gasteiger charge is 2.08. The molecule has 0 aliphatic carbocycles. The van der Waals surface area contributed by atoms with E-state index >= 15 is 0 Å². The molecule has 17 heavy (non-hydrogen) atoms. The molecule has 0 saturated heterocycles. The van der Waals surface area contributed by atoms with Gasteiger partial charge in [0.25, 0.3) is 0 Å². The van der Waals surface area contributed by atoms with Crippen LogP contribution in [0.2, 0.25) is 0 Å². The van der Waals surface area contributed by atoms with Crippen LogP contribution in [-0.4, -0.2) is 10.7 Å². The molecule has 0 aliphatic rings. The van der Waals surface area contributed by atoms with Crippen molar-refractivity contribution in [2.45, 2.75) is 20.3 Å². The van der Waals surface area contributed by atoms with Crippen LogP contribution in [0.15, 0.2) is 42.6 Å². The first kappa shape index (κ1) is 11.5. The summed E-state index contributed by atoms with van der Waals surface area (Å²) in [5, 5.41) is 7.86. The minimum absolute atomic E-state index is 0.619. The average Bonchev–Trinajstić information content (AvgIpc) is 2.30. The molecular weight excluding hydrogens is 208 g/mol. The summed E-state index contributed by atoms with van der Waals surface area (Å²) in [6.45, 7) is 3.89. The Morgan fingerprint density at radius 1 is 1.18 bits per heavy atom. The molecule has 0 atom stereocenters. The smallest absolute Gasteiger partial charge is 0.0447 e. The Morgan fingerprint density at radius 2 is 2.00 bits per heavy atom. The predicted octanol–water partition coefficient (Wildman–Crippen LogP) is 3.37. The molecule has 1 heterocycles. The molecule has 0 fully saturated rings. The van der Waals surface area contributed by atoms with Crippen molar-refractivity contribution in [2.75, 3.05) is 0 Å². The van der Waals surface area contributed by atoms with Crippen molar-refractivity contribution in [1.29, 1.82) is 5.41 Å². The molecule has 1 N–H and O–H groups in total. The molecule has 1 aromatic heterocycles. The van der Waals surface area contributed by atoms with Gasteiger partial charge in [-0.25, -0.2) is 0 Å². The van der Waals surface area contributed by atoms with E-state index in [4.69, 9.17) is 5.41 Å². The fourth-order valence-electron chi connectivity index (χ4n) is 2.11. The van der Waals surface area contributed by atoms with Gasteiger partial charge in [-0.3, -0.25) is 4.98 Å². The summed E-state index contributed by atoms with van der Waals surface area (Å²) in [4.78, 5) is 4.33. The highest BCUT2D eigenvalue weighted by Crippen LogP contribution is 2.17. The lowest BCUT2D eigenvalue weighted by Crippen LogP contribution is -2.04. The van der Waals surface area contributed by atoms with Crippen LogP contribution in [0.5, 0.6) is 0 Å². The third-order valence-corrected chi connectivity index (χ3v) is 2.83. The van der Waals surface area contributed by atoms with Crippen LogP contribution in [0.4, 0.5) is 0 Å². The first-order chi connectivity index (χ1) is 8.18. The monoisotopic (exact) mass is 224 g/mol. The Labute approximate surface area is 102 Å². The summed E-state index contributed by atoms with van der Waals surface area (Å²) in [6, 6.07) is 12.1. The normalized spacial score (nSPS) is 10.2. The number of aryl methyl sites for hydroxylation is 1. The lowest BCUT2D eigenvalue weighted by molar-refractivity contribution is 1.06. The van der Waals surface area contributed by atoms with Crippen LogP contribution in [0.1, 0.15) is 29.3 Å². The number of aromatic nitrogens is 1. The van der Waals surface area contributed by atoms with Crippen molar-refractivity contribution in [1.82, 2.24) is 4.98 Å². The van der Waals surface area contributed by atoms with E-state index in [-0.39, 0.29) is 0 Å². The maximum absolute atomic E-state index is 7.86. The van der Waals surface area contributed by atoms with Crippen molar-refractivity contribution in [3.8, 4) is 0 Å². The van der Waals surface area contributed by atoms with E-state index < -0.39 is 0 Å². The Bertz CT molecular complexity index is 530. The second kappa shape index (κ2) is 4.91. The van der Waals surface area contributed by atoms with Crippen LogP contribution >= 0.6 is 0 Å². The summed E-state index contributed by atoms with van der Waals surface area (Å²) in [6.07, 6.45) is 2.59. The second-order valence-electron chi connectivity index (χ2n) is 4.23. The second-order valence-corrected chi connectivity index (χ2v) is 4.23. The van der Waals surface area contributed by atoms with Gasteiger partial charge in [0, 0.05) is 29.6 Å². The molecule has 0 unspecified atom stereocenters. The number of benzene rings is 1. The topological polar surface area (TPSA) is 36.7 Å². The van der Waals surface area contributed by atoms with Crippen molar-refractivity contribution in [3.63, 3.8) is 0 Å². The van der Waals surface area contributed by atoms with Crippen molar-refractivity contribution >= 4 is 5.71 Å². The minimum atomic E-state index is 0.619. The molecule has 0 spiro atoms. The van der Waals surface area contributed by atoms with E-state index in [1.165, 1.54) is 5.56 Å². The summed E-state index contributed by atoms with van der Waals surface area (Å²) >= 11 is 0. The van der Waals surface area contributed by atoms with E-state index in [1.54, 1.807) is 0 Å². The van der Waals surface area contributed by atoms with E-state index in [2.05, 4.69) is 24.0 Å². The van der Waals surface area contributed by atoms with E-state index in [1.807, 2.05) is 37.4 Å². The summed E-state index contributed by atoms with van der Waals surface area (Å²) < 4.78 is 0. The van der Waals surface area contributed by atoms with Gasteiger partial charge in [0.2, 0.25) is 0 Å². The van der Waals surface area contributed by atoms with Crippen LogP contribution in [0, 0.1) is 12.3 Å². The average molecular weight is 224 g/mol. The quantitative estimate of drug-likeness (QED) is 0.797. The first-order valence-electron chi connectivity index (χ1n) is 5.72. The van der Waals surface area contributed by atoms with Gasteiger partial charge in [-0.1, -0.05) is 24.3 Å².